The molecular weight excluding hydrogens is 292 g/mol. The van der Waals surface area contributed by atoms with Crippen molar-refractivity contribution in [2.24, 2.45) is 0 Å². The van der Waals surface area contributed by atoms with Crippen molar-refractivity contribution >= 4 is 17.6 Å². The molecule has 0 bridgehead atoms. The summed E-state index contributed by atoms with van der Waals surface area (Å²) < 4.78 is 0. The smallest absolute Gasteiger partial charge is 0.329 e. The van der Waals surface area contributed by atoms with Gasteiger partial charge < -0.3 is 15.1 Å². The van der Waals surface area contributed by atoms with E-state index in [-0.39, 0.29) is 18.0 Å². The Bertz CT molecular complexity index is 555. The minimum atomic E-state index is -0.322. The van der Waals surface area contributed by atoms with Gasteiger partial charge in [0.1, 0.15) is 6.04 Å². The number of anilines is 1. The molecule has 2 fully saturated rings. The summed E-state index contributed by atoms with van der Waals surface area (Å²) in [5.41, 5.74) is 1.24. The van der Waals surface area contributed by atoms with Crippen molar-refractivity contribution < 1.29 is 14.5 Å². The van der Waals surface area contributed by atoms with Crippen LogP contribution in [0.4, 0.5) is 10.5 Å². The van der Waals surface area contributed by atoms with Crippen LogP contribution in [0.2, 0.25) is 0 Å². The molecule has 23 heavy (non-hydrogen) atoms. The molecule has 6 nitrogen and oxygen atoms in total. The van der Waals surface area contributed by atoms with Crippen molar-refractivity contribution in [1.82, 2.24) is 10.2 Å². The highest BCUT2D eigenvalue weighted by molar-refractivity contribution is 6.03. The van der Waals surface area contributed by atoms with Gasteiger partial charge in [0.25, 0.3) is 5.91 Å². The van der Waals surface area contributed by atoms with Crippen molar-refractivity contribution in [3.05, 3.63) is 30.3 Å². The number of nitrogens with one attached hydrogen (secondary N) is 2. The molecule has 0 spiro atoms. The number of rotatable bonds is 5. The summed E-state index contributed by atoms with van der Waals surface area (Å²) in [4.78, 5) is 29.3. The summed E-state index contributed by atoms with van der Waals surface area (Å²) in [6.45, 7) is 6.27. The number of hydrogen-bond donors (Lipinski definition) is 2. The summed E-state index contributed by atoms with van der Waals surface area (Å²) in [6.07, 6.45) is 1.62. The fraction of sp³-hybridized carbons (Fsp3) is 0.529. The van der Waals surface area contributed by atoms with Crippen molar-refractivity contribution in [1.29, 1.82) is 0 Å². The van der Waals surface area contributed by atoms with E-state index < -0.39 is 0 Å². The minimum Gasteiger partial charge on any atom is -0.360 e. The first kappa shape index (κ1) is 15.8. The normalized spacial score (nSPS) is 22.6. The molecule has 0 aliphatic carbocycles. The highest BCUT2D eigenvalue weighted by atomic mass is 16.2. The minimum absolute atomic E-state index is 0.0603. The Morgan fingerprint density at radius 2 is 1.87 bits per heavy atom. The van der Waals surface area contributed by atoms with Crippen molar-refractivity contribution in [2.45, 2.75) is 25.8 Å². The zero-order valence-electron chi connectivity index (χ0n) is 13.6. The number of imide groups is 1. The number of hydrogen-bond acceptors (Lipinski definition) is 3. The molecule has 6 heteroatoms. The molecule has 124 valence electrons. The lowest BCUT2D eigenvalue weighted by atomic mass is 10.2. The molecule has 0 unspecified atom stereocenters. The van der Waals surface area contributed by atoms with Gasteiger partial charge in [-0.15, -0.1) is 0 Å². The third-order valence-electron chi connectivity index (χ3n) is 4.66. The Balaban J connectivity index is 1.53. The van der Waals surface area contributed by atoms with Crippen molar-refractivity contribution in [3.63, 3.8) is 0 Å². The Morgan fingerprint density at radius 3 is 2.52 bits per heavy atom. The molecule has 2 aliphatic heterocycles. The monoisotopic (exact) mass is 317 g/mol. The first-order valence-electron chi connectivity index (χ1n) is 8.44. The van der Waals surface area contributed by atoms with Crippen LogP contribution >= 0.6 is 0 Å². The highest BCUT2D eigenvalue weighted by Crippen LogP contribution is 2.13. The van der Waals surface area contributed by atoms with Crippen molar-refractivity contribution in [2.75, 3.05) is 37.7 Å². The number of amides is 3. The SMILES string of the molecule is CCC[C@H]1NC(=O)N(C[NH+]2CCN(c3ccccc3)CC2)C1=O. The van der Waals surface area contributed by atoms with Crippen LogP contribution in [0, 0.1) is 0 Å². The molecule has 1 atom stereocenters. The summed E-state index contributed by atoms with van der Waals surface area (Å²) in [6, 6.07) is 9.82. The van der Waals surface area contributed by atoms with Crippen LogP contribution in [0.15, 0.2) is 30.3 Å². The predicted octanol–water partition coefficient (Wildman–Crippen LogP) is 0.0695. The van der Waals surface area contributed by atoms with Gasteiger partial charge >= 0.3 is 6.03 Å². The van der Waals surface area contributed by atoms with E-state index in [9.17, 15) is 9.59 Å². The van der Waals surface area contributed by atoms with E-state index in [0.29, 0.717) is 6.67 Å². The van der Waals surface area contributed by atoms with Gasteiger partial charge in [0.15, 0.2) is 6.67 Å². The Kier molecular flexibility index (Phi) is 4.81. The van der Waals surface area contributed by atoms with Gasteiger partial charge in [-0.1, -0.05) is 31.5 Å². The first-order chi connectivity index (χ1) is 11.2. The summed E-state index contributed by atoms with van der Waals surface area (Å²) >= 11 is 0. The van der Waals surface area contributed by atoms with E-state index >= 15 is 0 Å². The quantitative estimate of drug-likeness (QED) is 0.756. The second-order valence-corrected chi connectivity index (χ2v) is 6.29. The number of urea groups is 1. The van der Waals surface area contributed by atoms with E-state index in [1.807, 2.05) is 13.0 Å². The molecule has 3 rings (SSSR count). The maximum Gasteiger partial charge on any atom is 0.329 e. The average molecular weight is 317 g/mol. The van der Waals surface area contributed by atoms with Crippen molar-refractivity contribution in [3.8, 4) is 0 Å². The Morgan fingerprint density at radius 1 is 1.17 bits per heavy atom. The predicted molar refractivity (Wildman–Crippen MR) is 88.3 cm³/mol. The molecule has 1 aromatic rings. The third kappa shape index (κ3) is 3.47. The van der Waals surface area contributed by atoms with Crippen LogP contribution in [0.5, 0.6) is 0 Å². The lowest BCUT2D eigenvalue weighted by Crippen LogP contribution is -3.16. The van der Waals surface area contributed by atoms with Gasteiger partial charge in [-0.05, 0) is 18.6 Å². The molecule has 2 heterocycles. The molecule has 2 aliphatic rings. The van der Waals surface area contributed by atoms with E-state index in [1.54, 1.807) is 0 Å². The molecule has 0 aromatic heterocycles. The first-order valence-corrected chi connectivity index (χ1v) is 8.44. The molecule has 2 N–H and O–H groups in total. The number of carbonyl (C=O) groups excluding carboxylic acids is 2. The second-order valence-electron chi connectivity index (χ2n) is 6.29. The van der Waals surface area contributed by atoms with Crippen LogP contribution < -0.4 is 15.1 Å². The maximum atomic E-state index is 12.3. The lowest BCUT2D eigenvalue weighted by Gasteiger charge is -2.34. The van der Waals surface area contributed by atoms with Crippen LogP contribution in [-0.4, -0.2) is 55.7 Å². The zero-order valence-corrected chi connectivity index (χ0v) is 13.6. The summed E-state index contributed by atoms with van der Waals surface area (Å²) in [5, 5.41) is 2.79. The maximum absolute atomic E-state index is 12.3. The van der Waals surface area contributed by atoms with Gasteiger partial charge in [-0.25, -0.2) is 9.69 Å². The Labute approximate surface area is 137 Å². The van der Waals surface area contributed by atoms with Gasteiger partial charge in [0.05, 0.1) is 26.2 Å². The number of benzene rings is 1. The fourth-order valence-corrected chi connectivity index (χ4v) is 3.31. The molecular formula is C17H25N4O2+. The highest BCUT2D eigenvalue weighted by Gasteiger charge is 2.39. The molecule has 3 amide bonds. The largest absolute Gasteiger partial charge is 0.360 e. The standard InChI is InChI=1S/C17H24N4O2/c1-2-6-15-16(22)21(17(23)18-15)13-19-9-11-20(12-10-19)14-7-4-3-5-8-14/h3-5,7-8,15H,2,6,9-13H2,1H3,(H,18,23)/p+1/t15-/m1/s1. The zero-order chi connectivity index (χ0) is 16.2. The van der Waals surface area contributed by atoms with E-state index in [1.165, 1.54) is 15.5 Å². The average Bonchev–Trinajstić information content (AvgIpc) is 2.84. The number of carbonyl (C=O) groups is 2. The van der Waals surface area contributed by atoms with Crippen LogP contribution in [-0.2, 0) is 4.79 Å². The van der Waals surface area contributed by atoms with Gasteiger partial charge in [-0.3, -0.25) is 4.79 Å². The third-order valence-corrected chi connectivity index (χ3v) is 4.66. The number of piperazine rings is 1. The van der Waals surface area contributed by atoms with Crippen LogP contribution in [0.3, 0.4) is 0 Å². The Hall–Kier alpha value is -2.08. The topological polar surface area (TPSA) is 57.1 Å². The molecule has 1 aromatic carbocycles. The summed E-state index contributed by atoms with van der Waals surface area (Å²) in [5.74, 6) is -0.0603. The molecule has 0 radical (unpaired) electrons. The fourth-order valence-electron chi connectivity index (χ4n) is 3.31. The molecule has 0 saturated carbocycles. The van der Waals surface area contributed by atoms with Gasteiger partial charge in [0, 0.05) is 5.69 Å². The van der Waals surface area contributed by atoms with Gasteiger partial charge in [0.2, 0.25) is 0 Å². The molecule has 2 saturated heterocycles. The summed E-state index contributed by atoms with van der Waals surface area (Å²) in [7, 11) is 0. The van der Waals surface area contributed by atoms with E-state index in [4.69, 9.17) is 0 Å². The van der Waals surface area contributed by atoms with E-state index in [0.717, 1.165) is 39.0 Å². The lowest BCUT2D eigenvalue weighted by molar-refractivity contribution is -0.907. The number of para-hydroxylation sites is 1. The number of nitrogens with zero attached hydrogens (tertiary/aromatic N) is 2. The van der Waals surface area contributed by atoms with E-state index in [2.05, 4.69) is 34.5 Å². The van der Waals surface area contributed by atoms with Crippen LogP contribution in [0.1, 0.15) is 19.8 Å². The number of quaternary nitrogens is 1. The van der Waals surface area contributed by atoms with Crippen LogP contribution in [0.25, 0.3) is 0 Å². The second kappa shape index (κ2) is 7.00. The van der Waals surface area contributed by atoms with Gasteiger partial charge in [-0.2, -0.15) is 0 Å².